The molecule has 0 amide bonds. The average molecular weight is 314 g/mol. The van der Waals surface area contributed by atoms with Gasteiger partial charge in [0, 0.05) is 6.54 Å². The van der Waals surface area contributed by atoms with E-state index in [9.17, 15) is 13.5 Å². The Morgan fingerprint density at radius 1 is 1.24 bits per heavy atom. The van der Waals surface area contributed by atoms with Crippen molar-refractivity contribution >= 4 is 15.7 Å². The summed E-state index contributed by atoms with van der Waals surface area (Å²) in [5, 5.41) is 9.93. The molecule has 1 atom stereocenters. The van der Waals surface area contributed by atoms with E-state index >= 15 is 0 Å². The van der Waals surface area contributed by atoms with E-state index in [0.29, 0.717) is 12.0 Å². The third-order valence-electron chi connectivity index (χ3n) is 3.24. The Morgan fingerprint density at radius 3 is 2.29 bits per heavy atom. The number of benzene rings is 1. The summed E-state index contributed by atoms with van der Waals surface area (Å²) < 4.78 is 27.2. The number of aliphatic hydroxyl groups excluding tert-OH is 1. The van der Waals surface area contributed by atoms with Gasteiger partial charge in [0.05, 0.1) is 11.8 Å². The Kier molecular flexibility index (Phi) is 5.41. The highest BCUT2D eigenvalue weighted by molar-refractivity contribution is 7.89. The van der Waals surface area contributed by atoms with Crippen LogP contribution in [0.3, 0.4) is 0 Å². The van der Waals surface area contributed by atoms with E-state index in [4.69, 9.17) is 5.73 Å². The number of hydrogen-bond acceptors (Lipinski definition) is 4. The van der Waals surface area contributed by atoms with Crippen molar-refractivity contribution in [3.8, 4) is 0 Å². The Hall–Kier alpha value is -1.11. The molecular formula is C15H26N2O3S. The summed E-state index contributed by atoms with van der Waals surface area (Å²) in [6, 6.07) is 3.52. The number of hydrogen-bond donors (Lipinski definition) is 3. The standard InChI is InChI=1S/C15H26N2O3S/c1-10-6-7-11(2)14(13(10)16)21(19,20)17-9-12(18)8-15(3,4)5/h6-7,12,17-18H,8-9,16H2,1-5H3. The summed E-state index contributed by atoms with van der Waals surface area (Å²) in [6.07, 6.45) is -0.219. The van der Waals surface area contributed by atoms with Gasteiger partial charge in [0.1, 0.15) is 4.90 Å². The van der Waals surface area contributed by atoms with Crippen LogP contribution in [0.1, 0.15) is 38.3 Å². The van der Waals surface area contributed by atoms with Crippen LogP contribution >= 0.6 is 0 Å². The first-order chi connectivity index (χ1) is 9.44. The highest BCUT2D eigenvalue weighted by atomic mass is 32.2. The van der Waals surface area contributed by atoms with Crippen molar-refractivity contribution < 1.29 is 13.5 Å². The van der Waals surface area contributed by atoms with Crippen molar-refractivity contribution in [2.75, 3.05) is 12.3 Å². The Morgan fingerprint density at radius 2 is 1.76 bits per heavy atom. The number of aliphatic hydroxyl groups is 1. The van der Waals surface area contributed by atoms with Gasteiger partial charge < -0.3 is 10.8 Å². The zero-order valence-electron chi connectivity index (χ0n) is 13.4. The third-order valence-corrected chi connectivity index (χ3v) is 4.86. The molecule has 0 spiro atoms. The van der Waals surface area contributed by atoms with E-state index < -0.39 is 16.1 Å². The number of rotatable bonds is 5. The minimum Gasteiger partial charge on any atom is -0.397 e. The van der Waals surface area contributed by atoms with E-state index in [0.717, 1.165) is 5.56 Å². The lowest BCUT2D eigenvalue weighted by atomic mass is 9.89. The van der Waals surface area contributed by atoms with Gasteiger partial charge in [-0.15, -0.1) is 0 Å². The third kappa shape index (κ3) is 4.98. The summed E-state index contributed by atoms with van der Waals surface area (Å²) >= 11 is 0. The van der Waals surface area contributed by atoms with Crippen LogP contribution in [-0.4, -0.2) is 26.2 Å². The molecule has 1 rings (SSSR count). The molecule has 1 aromatic rings. The van der Waals surface area contributed by atoms with Crippen molar-refractivity contribution in [3.05, 3.63) is 23.3 Å². The number of nitrogen functional groups attached to an aromatic ring is 1. The first-order valence-electron chi connectivity index (χ1n) is 6.97. The van der Waals surface area contributed by atoms with Gasteiger partial charge in [0.15, 0.2) is 0 Å². The van der Waals surface area contributed by atoms with Gasteiger partial charge in [-0.1, -0.05) is 32.9 Å². The van der Waals surface area contributed by atoms with E-state index in [2.05, 4.69) is 4.72 Å². The fourth-order valence-corrected chi connectivity index (χ4v) is 3.72. The smallest absolute Gasteiger partial charge is 0.242 e. The maximum Gasteiger partial charge on any atom is 0.242 e. The van der Waals surface area contributed by atoms with E-state index in [1.807, 2.05) is 20.8 Å². The van der Waals surface area contributed by atoms with Gasteiger partial charge >= 0.3 is 0 Å². The highest BCUT2D eigenvalue weighted by Crippen LogP contribution is 2.26. The minimum absolute atomic E-state index is 0.0214. The van der Waals surface area contributed by atoms with Crippen molar-refractivity contribution in [1.82, 2.24) is 4.72 Å². The second kappa shape index (κ2) is 6.34. The van der Waals surface area contributed by atoms with E-state index in [-0.39, 0.29) is 22.5 Å². The van der Waals surface area contributed by atoms with E-state index in [1.54, 1.807) is 26.0 Å². The van der Waals surface area contributed by atoms with Gasteiger partial charge in [0.25, 0.3) is 0 Å². The molecular weight excluding hydrogens is 288 g/mol. The van der Waals surface area contributed by atoms with Crippen LogP contribution < -0.4 is 10.5 Å². The monoisotopic (exact) mass is 314 g/mol. The van der Waals surface area contributed by atoms with Crippen molar-refractivity contribution in [3.63, 3.8) is 0 Å². The molecule has 0 saturated carbocycles. The molecule has 0 bridgehead atoms. The first-order valence-corrected chi connectivity index (χ1v) is 8.46. The van der Waals surface area contributed by atoms with Gasteiger partial charge in [-0.05, 0) is 36.8 Å². The van der Waals surface area contributed by atoms with Crippen LogP contribution in [0.4, 0.5) is 5.69 Å². The largest absolute Gasteiger partial charge is 0.397 e. The van der Waals surface area contributed by atoms with Gasteiger partial charge in [-0.2, -0.15) is 0 Å². The van der Waals surface area contributed by atoms with Crippen LogP contribution in [0.5, 0.6) is 0 Å². The molecule has 0 aromatic heterocycles. The molecule has 1 aromatic carbocycles. The maximum atomic E-state index is 12.4. The van der Waals surface area contributed by atoms with E-state index in [1.165, 1.54) is 0 Å². The van der Waals surface area contributed by atoms with Crippen LogP contribution in [0.15, 0.2) is 17.0 Å². The van der Waals surface area contributed by atoms with Crippen LogP contribution in [-0.2, 0) is 10.0 Å². The predicted molar refractivity (Wildman–Crippen MR) is 85.6 cm³/mol. The summed E-state index contributed by atoms with van der Waals surface area (Å²) in [5.74, 6) is 0. The maximum absolute atomic E-state index is 12.4. The Balaban J connectivity index is 2.91. The molecule has 5 nitrogen and oxygen atoms in total. The molecule has 0 heterocycles. The zero-order valence-corrected chi connectivity index (χ0v) is 14.2. The van der Waals surface area contributed by atoms with Crippen LogP contribution in [0.2, 0.25) is 0 Å². The fourth-order valence-electron chi connectivity index (χ4n) is 2.22. The molecule has 6 heteroatoms. The lowest BCUT2D eigenvalue weighted by molar-refractivity contribution is 0.125. The van der Waals surface area contributed by atoms with Crippen molar-refractivity contribution in [1.29, 1.82) is 0 Å². The van der Waals surface area contributed by atoms with Crippen molar-refractivity contribution in [2.45, 2.75) is 52.0 Å². The molecule has 0 aliphatic carbocycles. The van der Waals surface area contributed by atoms with Gasteiger partial charge in [0.2, 0.25) is 10.0 Å². The Bertz CT molecular complexity index is 604. The summed E-state index contributed by atoms with van der Waals surface area (Å²) in [5.41, 5.74) is 7.40. The number of sulfonamides is 1. The molecule has 1 unspecified atom stereocenters. The molecule has 0 aliphatic heterocycles. The predicted octanol–water partition coefficient (Wildman–Crippen LogP) is 1.96. The molecule has 0 saturated heterocycles. The number of anilines is 1. The molecule has 4 N–H and O–H groups in total. The van der Waals surface area contributed by atoms with Gasteiger partial charge in [-0.25, -0.2) is 13.1 Å². The Labute approximate surface area is 127 Å². The highest BCUT2D eigenvalue weighted by Gasteiger charge is 2.23. The fraction of sp³-hybridized carbons (Fsp3) is 0.600. The van der Waals surface area contributed by atoms with Gasteiger partial charge in [-0.3, -0.25) is 0 Å². The van der Waals surface area contributed by atoms with Crippen LogP contribution in [0, 0.1) is 19.3 Å². The van der Waals surface area contributed by atoms with Crippen molar-refractivity contribution in [2.24, 2.45) is 5.41 Å². The lowest BCUT2D eigenvalue weighted by Gasteiger charge is -2.22. The zero-order chi connectivity index (χ0) is 16.4. The molecule has 0 aliphatic rings. The normalized spacial score (nSPS) is 14.2. The number of nitrogens with one attached hydrogen (secondary N) is 1. The lowest BCUT2D eigenvalue weighted by Crippen LogP contribution is -2.34. The second-order valence-electron chi connectivity index (χ2n) is 6.71. The number of aryl methyl sites for hydroxylation is 2. The topological polar surface area (TPSA) is 92.4 Å². The average Bonchev–Trinajstić information content (AvgIpc) is 2.30. The first kappa shape index (κ1) is 17.9. The SMILES string of the molecule is Cc1ccc(C)c(S(=O)(=O)NCC(O)CC(C)(C)C)c1N. The summed E-state index contributed by atoms with van der Waals surface area (Å²) in [4.78, 5) is 0.102. The summed E-state index contributed by atoms with van der Waals surface area (Å²) in [6.45, 7) is 9.43. The molecule has 0 radical (unpaired) electrons. The molecule has 0 fully saturated rings. The van der Waals surface area contributed by atoms with Crippen LogP contribution in [0.25, 0.3) is 0 Å². The quantitative estimate of drug-likeness (QED) is 0.724. The second-order valence-corrected chi connectivity index (χ2v) is 8.42. The molecule has 21 heavy (non-hydrogen) atoms. The minimum atomic E-state index is -3.73. The number of nitrogens with two attached hydrogens (primary N) is 1. The molecule has 120 valence electrons. The summed E-state index contributed by atoms with van der Waals surface area (Å²) in [7, 11) is -3.73.